The van der Waals surface area contributed by atoms with E-state index in [2.05, 4.69) is 26.9 Å². The minimum Gasteiger partial charge on any atom is -0.359 e. The summed E-state index contributed by atoms with van der Waals surface area (Å²) in [4.78, 5) is 19.4. The Morgan fingerprint density at radius 1 is 1.57 bits per heavy atom. The maximum atomic E-state index is 11.7. The molecule has 0 saturated carbocycles. The lowest BCUT2D eigenvalue weighted by Gasteiger charge is -2.22. The molecule has 2 N–H and O–H groups in total. The minimum atomic E-state index is -0.0771. The molecule has 6 nitrogen and oxygen atoms in total. The summed E-state index contributed by atoms with van der Waals surface area (Å²) in [7, 11) is 3.66. The number of fused-ring (bicyclic) bond motifs is 1. The largest absolute Gasteiger partial charge is 0.359 e. The maximum absolute atomic E-state index is 11.7. The topological polar surface area (TPSA) is 61.7 Å². The lowest BCUT2D eigenvalue weighted by Crippen LogP contribution is -2.35. The average molecular weight is 309 g/mol. The van der Waals surface area contributed by atoms with E-state index in [4.69, 9.17) is 4.98 Å². The number of anilines is 1. The van der Waals surface area contributed by atoms with Gasteiger partial charge in [0, 0.05) is 38.8 Å². The van der Waals surface area contributed by atoms with Gasteiger partial charge in [-0.05, 0) is 6.54 Å². The number of nitrogens with one attached hydrogen (secondary N) is 2. The third kappa shape index (κ3) is 3.36. The molecule has 1 amide bonds. The fourth-order valence-electron chi connectivity index (χ4n) is 2.36. The van der Waals surface area contributed by atoms with Gasteiger partial charge in [0.25, 0.3) is 0 Å². The SMILES string of the molecule is CCNCc1c(N(C)CC(C)C(=O)NC)nc2sccn12. The summed E-state index contributed by atoms with van der Waals surface area (Å²) in [5, 5.41) is 8.08. The molecular weight excluding hydrogens is 286 g/mol. The van der Waals surface area contributed by atoms with Gasteiger partial charge in [0.15, 0.2) is 10.8 Å². The number of hydrogen-bond acceptors (Lipinski definition) is 5. The van der Waals surface area contributed by atoms with Crippen LogP contribution in [0.15, 0.2) is 11.6 Å². The summed E-state index contributed by atoms with van der Waals surface area (Å²) in [5.41, 5.74) is 1.14. The van der Waals surface area contributed by atoms with E-state index in [0.29, 0.717) is 6.54 Å². The molecule has 0 bridgehead atoms. The van der Waals surface area contributed by atoms with E-state index in [9.17, 15) is 4.79 Å². The number of thiazole rings is 1. The van der Waals surface area contributed by atoms with Crippen LogP contribution in [0.5, 0.6) is 0 Å². The molecule has 116 valence electrons. The molecule has 1 atom stereocenters. The number of hydrogen-bond donors (Lipinski definition) is 2. The Labute approximate surface area is 129 Å². The smallest absolute Gasteiger partial charge is 0.224 e. The van der Waals surface area contributed by atoms with Crippen LogP contribution in [0.3, 0.4) is 0 Å². The molecule has 0 aliphatic carbocycles. The van der Waals surface area contributed by atoms with Crippen molar-refractivity contribution in [1.29, 1.82) is 0 Å². The Hall–Kier alpha value is -1.60. The molecule has 2 aromatic rings. The second-order valence-corrected chi connectivity index (χ2v) is 5.99. The number of aromatic nitrogens is 2. The third-order valence-electron chi connectivity index (χ3n) is 3.49. The summed E-state index contributed by atoms with van der Waals surface area (Å²) in [6, 6.07) is 0. The van der Waals surface area contributed by atoms with Crippen LogP contribution in [0.4, 0.5) is 5.82 Å². The zero-order valence-electron chi connectivity index (χ0n) is 13.0. The Kier molecular flexibility index (Phi) is 5.19. The number of rotatable bonds is 7. The molecule has 21 heavy (non-hydrogen) atoms. The van der Waals surface area contributed by atoms with Gasteiger partial charge < -0.3 is 15.5 Å². The van der Waals surface area contributed by atoms with Crippen molar-refractivity contribution in [3.8, 4) is 0 Å². The predicted molar refractivity (Wildman–Crippen MR) is 87.0 cm³/mol. The van der Waals surface area contributed by atoms with Crippen molar-refractivity contribution in [2.24, 2.45) is 5.92 Å². The quantitative estimate of drug-likeness (QED) is 0.810. The van der Waals surface area contributed by atoms with E-state index >= 15 is 0 Å². The molecule has 0 spiro atoms. The first-order chi connectivity index (χ1) is 10.1. The zero-order valence-corrected chi connectivity index (χ0v) is 13.8. The van der Waals surface area contributed by atoms with Gasteiger partial charge in [-0.3, -0.25) is 9.20 Å². The highest BCUT2D eigenvalue weighted by atomic mass is 32.1. The Bertz CT molecular complexity index is 606. The molecular formula is C14H23N5OS. The molecule has 2 aromatic heterocycles. The minimum absolute atomic E-state index is 0.0519. The zero-order chi connectivity index (χ0) is 15.4. The van der Waals surface area contributed by atoms with Gasteiger partial charge >= 0.3 is 0 Å². The lowest BCUT2D eigenvalue weighted by atomic mass is 10.1. The third-order valence-corrected chi connectivity index (χ3v) is 4.24. The van der Waals surface area contributed by atoms with Gasteiger partial charge in [-0.2, -0.15) is 0 Å². The molecule has 0 aliphatic heterocycles. The summed E-state index contributed by atoms with van der Waals surface area (Å²) in [6.45, 7) is 6.34. The molecule has 7 heteroatoms. The maximum Gasteiger partial charge on any atom is 0.224 e. The van der Waals surface area contributed by atoms with E-state index in [-0.39, 0.29) is 11.8 Å². The van der Waals surface area contributed by atoms with Crippen molar-refractivity contribution in [3.63, 3.8) is 0 Å². The first kappa shape index (κ1) is 15.8. The first-order valence-electron chi connectivity index (χ1n) is 7.16. The fourth-order valence-corrected chi connectivity index (χ4v) is 3.09. The van der Waals surface area contributed by atoms with Gasteiger partial charge in [-0.1, -0.05) is 13.8 Å². The predicted octanol–water partition coefficient (Wildman–Crippen LogP) is 1.32. The van der Waals surface area contributed by atoms with Crippen molar-refractivity contribution < 1.29 is 4.79 Å². The van der Waals surface area contributed by atoms with Crippen molar-refractivity contribution in [3.05, 3.63) is 17.3 Å². The molecule has 0 aromatic carbocycles. The first-order valence-corrected chi connectivity index (χ1v) is 8.04. The standard InChI is InChI=1S/C14H23N5OS/c1-5-16-8-11-12(17-14-19(11)6-7-21-14)18(4)9-10(2)13(20)15-3/h6-7,10,16H,5,8-9H2,1-4H3,(H,15,20). The van der Waals surface area contributed by atoms with Crippen LogP contribution in [0.25, 0.3) is 4.96 Å². The van der Waals surface area contributed by atoms with Gasteiger partial charge in [0.05, 0.1) is 11.6 Å². The van der Waals surface area contributed by atoms with Crippen molar-refractivity contribution in [2.45, 2.75) is 20.4 Å². The number of carbonyl (C=O) groups excluding carboxylic acids is 1. The summed E-state index contributed by atoms with van der Waals surface area (Å²) in [6.07, 6.45) is 2.04. The van der Waals surface area contributed by atoms with Crippen LogP contribution in [0.2, 0.25) is 0 Å². The molecule has 2 heterocycles. The van der Waals surface area contributed by atoms with Crippen LogP contribution in [-0.4, -0.2) is 42.5 Å². The monoisotopic (exact) mass is 309 g/mol. The van der Waals surface area contributed by atoms with Crippen LogP contribution >= 0.6 is 11.3 Å². The number of nitrogens with zero attached hydrogens (tertiary/aromatic N) is 3. The average Bonchev–Trinajstić information content (AvgIpc) is 3.05. The second-order valence-electron chi connectivity index (χ2n) is 5.11. The van der Waals surface area contributed by atoms with Gasteiger partial charge in [-0.25, -0.2) is 4.98 Å². The second kappa shape index (κ2) is 6.91. The molecule has 0 saturated heterocycles. The van der Waals surface area contributed by atoms with Crippen molar-refractivity contribution in [1.82, 2.24) is 20.0 Å². The number of imidazole rings is 1. The van der Waals surface area contributed by atoms with Crippen LogP contribution in [0.1, 0.15) is 19.5 Å². The summed E-state index contributed by atoms with van der Waals surface area (Å²) in [5.74, 6) is 0.918. The highest BCUT2D eigenvalue weighted by molar-refractivity contribution is 7.15. The van der Waals surface area contributed by atoms with E-state index in [0.717, 1.165) is 29.6 Å². The van der Waals surface area contributed by atoms with Crippen molar-refractivity contribution >= 4 is 28.0 Å². The van der Waals surface area contributed by atoms with Crippen LogP contribution in [-0.2, 0) is 11.3 Å². The van der Waals surface area contributed by atoms with Crippen LogP contribution < -0.4 is 15.5 Å². The normalized spacial score (nSPS) is 12.6. The lowest BCUT2D eigenvalue weighted by molar-refractivity contribution is -0.123. The Balaban J connectivity index is 2.23. The fraction of sp³-hybridized carbons (Fsp3) is 0.571. The molecule has 2 rings (SSSR count). The van der Waals surface area contributed by atoms with E-state index in [1.165, 1.54) is 0 Å². The summed E-state index contributed by atoms with van der Waals surface area (Å²) >= 11 is 1.62. The molecule has 0 fully saturated rings. The van der Waals surface area contributed by atoms with E-state index < -0.39 is 0 Å². The summed E-state index contributed by atoms with van der Waals surface area (Å²) < 4.78 is 2.11. The molecule has 1 unspecified atom stereocenters. The highest BCUT2D eigenvalue weighted by Gasteiger charge is 2.20. The van der Waals surface area contributed by atoms with Crippen LogP contribution in [0, 0.1) is 5.92 Å². The highest BCUT2D eigenvalue weighted by Crippen LogP contribution is 2.24. The van der Waals surface area contributed by atoms with Gasteiger partial charge in [0.1, 0.15) is 0 Å². The Morgan fingerprint density at radius 2 is 2.33 bits per heavy atom. The van der Waals surface area contributed by atoms with Crippen molar-refractivity contribution in [2.75, 3.05) is 32.1 Å². The molecule has 0 aliphatic rings. The number of carbonyl (C=O) groups is 1. The number of amides is 1. The molecule has 0 radical (unpaired) electrons. The van der Waals surface area contributed by atoms with Gasteiger partial charge in [0.2, 0.25) is 5.91 Å². The van der Waals surface area contributed by atoms with E-state index in [1.807, 2.05) is 25.5 Å². The van der Waals surface area contributed by atoms with Gasteiger partial charge in [-0.15, -0.1) is 11.3 Å². The Morgan fingerprint density at radius 3 is 3.00 bits per heavy atom. The van der Waals surface area contributed by atoms with E-state index in [1.54, 1.807) is 18.4 Å².